The molecule has 5 heteroatoms. The molecule has 0 amide bonds. The van der Waals surface area contributed by atoms with Crippen LogP contribution in [0.1, 0.15) is 24.5 Å². The van der Waals surface area contributed by atoms with Crippen LogP contribution in [0.2, 0.25) is 0 Å². The minimum absolute atomic E-state index is 0.286. The quantitative estimate of drug-likeness (QED) is 0.870. The number of nitrogens with one attached hydrogen (secondary N) is 2. The lowest BCUT2D eigenvalue weighted by atomic mass is 10.2. The summed E-state index contributed by atoms with van der Waals surface area (Å²) in [5, 5.41) is 6.13. The number of hydrogen-bond donors (Lipinski definition) is 2. The fraction of sp³-hybridized carbons (Fsp3) is 0.333. The van der Waals surface area contributed by atoms with Crippen molar-refractivity contribution < 1.29 is 4.39 Å². The highest BCUT2D eigenvalue weighted by molar-refractivity contribution is 5.60. The van der Waals surface area contributed by atoms with Gasteiger partial charge in [-0.1, -0.05) is 13.0 Å². The van der Waals surface area contributed by atoms with Gasteiger partial charge in [0, 0.05) is 18.3 Å². The van der Waals surface area contributed by atoms with Gasteiger partial charge in [0.05, 0.1) is 5.69 Å². The maximum absolute atomic E-state index is 13.8. The highest BCUT2D eigenvalue weighted by Crippen LogP contribution is 2.22. The van der Waals surface area contributed by atoms with Crippen molar-refractivity contribution in [3.8, 4) is 0 Å². The minimum Gasteiger partial charge on any atom is -0.354 e. The van der Waals surface area contributed by atoms with Gasteiger partial charge in [0.25, 0.3) is 0 Å². The van der Waals surface area contributed by atoms with Crippen LogP contribution >= 0.6 is 0 Å². The maximum atomic E-state index is 13.8. The summed E-state index contributed by atoms with van der Waals surface area (Å²) in [7, 11) is 0. The Morgan fingerprint density at radius 2 is 2.05 bits per heavy atom. The molecule has 0 unspecified atom stereocenters. The minimum atomic E-state index is -0.286. The number of rotatable bonds is 5. The Labute approximate surface area is 118 Å². The third-order valence-corrected chi connectivity index (χ3v) is 2.88. The molecular formula is C15H19FN4. The second-order valence-corrected chi connectivity index (χ2v) is 4.76. The molecule has 1 aromatic heterocycles. The normalized spacial score (nSPS) is 10.4. The molecule has 0 spiro atoms. The Bertz CT molecular complexity index is 598. The number of anilines is 3. The Morgan fingerprint density at radius 1 is 1.25 bits per heavy atom. The molecule has 0 fully saturated rings. The van der Waals surface area contributed by atoms with E-state index >= 15 is 0 Å². The average molecular weight is 274 g/mol. The summed E-state index contributed by atoms with van der Waals surface area (Å²) in [4.78, 5) is 8.57. The van der Waals surface area contributed by atoms with E-state index < -0.39 is 0 Å². The van der Waals surface area contributed by atoms with Crippen molar-refractivity contribution in [2.75, 3.05) is 17.2 Å². The number of hydrogen-bond acceptors (Lipinski definition) is 4. The van der Waals surface area contributed by atoms with E-state index in [2.05, 4.69) is 27.5 Å². The first-order valence-corrected chi connectivity index (χ1v) is 6.71. The molecule has 2 rings (SSSR count). The van der Waals surface area contributed by atoms with Crippen molar-refractivity contribution >= 4 is 17.5 Å². The number of aryl methyl sites for hydroxylation is 2. The van der Waals surface area contributed by atoms with Gasteiger partial charge >= 0.3 is 0 Å². The summed E-state index contributed by atoms with van der Waals surface area (Å²) < 4.78 is 13.8. The standard InChI is InChI=1S/C15H19FN4/c1-4-7-17-15-18-9-11(3)14(20-15)19-13-6-5-10(2)8-12(13)16/h5-6,8-9H,4,7H2,1-3H3,(H2,17,18,19,20). The summed E-state index contributed by atoms with van der Waals surface area (Å²) in [5.74, 6) is 0.875. The van der Waals surface area contributed by atoms with E-state index in [4.69, 9.17) is 0 Å². The van der Waals surface area contributed by atoms with Crippen LogP contribution in [0, 0.1) is 19.7 Å². The Kier molecular flexibility index (Phi) is 4.50. The molecule has 0 saturated heterocycles. The molecule has 1 aromatic carbocycles. The number of halogens is 1. The lowest BCUT2D eigenvalue weighted by Gasteiger charge is -2.11. The number of aromatic nitrogens is 2. The Balaban J connectivity index is 2.23. The van der Waals surface area contributed by atoms with Crippen molar-refractivity contribution in [3.05, 3.63) is 41.3 Å². The van der Waals surface area contributed by atoms with E-state index in [0.717, 1.165) is 24.1 Å². The third kappa shape index (κ3) is 3.44. The topological polar surface area (TPSA) is 49.8 Å². The predicted octanol–water partition coefficient (Wildman–Crippen LogP) is 3.80. The molecule has 0 aliphatic heterocycles. The van der Waals surface area contributed by atoms with Crippen molar-refractivity contribution in [1.82, 2.24) is 9.97 Å². The fourth-order valence-electron chi connectivity index (χ4n) is 1.74. The van der Waals surface area contributed by atoms with Gasteiger partial charge in [-0.2, -0.15) is 4.98 Å². The van der Waals surface area contributed by atoms with Crippen molar-refractivity contribution in [3.63, 3.8) is 0 Å². The van der Waals surface area contributed by atoms with Crippen LogP contribution in [0.3, 0.4) is 0 Å². The Hall–Kier alpha value is -2.17. The van der Waals surface area contributed by atoms with Gasteiger partial charge in [0.1, 0.15) is 11.6 Å². The molecule has 2 N–H and O–H groups in total. The molecule has 0 atom stereocenters. The molecule has 0 radical (unpaired) electrons. The molecule has 0 saturated carbocycles. The lowest BCUT2D eigenvalue weighted by Crippen LogP contribution is -2.07. The van der Waals surface area contributed by atoms with Gasteiger partial charge in [-0.15, -0.1) is 0 Å². The smallest absolute Gasteiger partial charge is 0.224 e. The highest BCUT2D eigenvalue weighted by atomic mass is 19.1. The number of nitrogens with zero attached hydrogens (tertiary/aromatic N) is 2. The van der Waals surface area contributed by atoms with Gasteiger partial charge in [0.15, 0.2) is 0 Å². The van der Waals surface area contributed by atoms with Gasteiger partial charge in [-0.05, 0) is 38.0 Å². The zero-order valence-corrected chi connectivity index (χ0v) is 12.0. The summed E-state index contributed by atoms with van der Waals surface area (Å²) in [6.45, 7) is 6.62. The van der Waals surface area contributed by atoms with Crippen molar-refractivity contribution in [2.45, 2.75) is 27.2 Å². The molecular weight excluding hydrogens is 255 g/mol. The first-order chi connectivity index (χ1) is 9.60. The first-order valence-electron chi connectivity index (χ1n) is 6.71. The monoisotopic (exact) mass is 274 g/mol. The molecule has 0 aliphatic rings. The second kappa shape index (κ2) is 6.32. The predicted molar refractivity (Wildman–Crippen MR) is 80.0 cm³/mol. The van der Waals surface area contributed by atoms with E-state index in [1.807, 2.05) is 19.9 Å². The molecule has 2 aromatic rings. The van der Waals surface area contributed by atoms with Crippen LogP contribution in [-0.2, 0) is 0 Å². The highest BCUT2D eigenvalue weighted by Gasteiger charge is 2.07. The molecule has 0 aliphatic carbocycles. The van der Waals surface area contributed by atoms with Crippen LogP contribution < -0.4 is 10.6 Å². The summed E-state index contributed by atoms with van der Waals surface area (Å²) in [6.07, 6.45) is 2.71. The molecule has 0 bridgehead atoms. The zero-order valence-electron chi connectivity index (χ0n) is 12.0. The molecule has 106 valence electrons. The van der Waals surface area contributed by atoms with Gasteiger partial charge in [-0.3, -0.25) is 0 Å². The largest absolute Gasteiger partial charge is 0.354 e. The van der Waals surface area contributed by atoms with Crippen LogP contribution in [0.4, 0.5) is 21.8 Å². The van der Waals surface area contributed by atoms with Crippen LogP contribution in [0.5, 0.6) is 0 Å². The summed E-state index contributed by atoms with van der Waals surface area (Å²) in [5.41, 5.74) is 2.17. The Morgan fingerprint density at radius 3 is 2.75 bits per heavy atom. The van der Waals surface area contributed by atoms with Gasteiger partial charge < -0.3 is 10.6 Å². The van der Waals surface area contributed by atoms with Crippen molar-refractivity contribution in [1.29, 1.82) is 0 Å². The third-order valence-electron chi connectivity index (χ3n) is 2.88. The van der Waals surface area contributed by atoms with E-state index in [1.165, 1.54) is 6.07 Å². The van der Waals surface area contributed by atoms with Crippen LogP contribution in [-0.4, -0.2) is 16.5 Å². The first kappa shape index (κ1) is 14.2. The van der Waals surface area contributed by atoms with Crippen LogP contribution in [0.25, 0.3) is 0 Å². The molecule has 20 heavy (non-hydrogen) atoms. The van der Waals surface area contributed by atoms with E-state index in [-0.39, 0.29) is 5.82 Å². The van der Waals surface area contributed by atoms with Gasteiger partial charge in [-0.25, -0.2) is 9.37 Å². The van der Waals surface area contributed by atoms with E-state index in [9.17, 15) is 4.39 Å². The SMILES string of the molecule is CCCNc1ncc(C)c(Nc2ccc(C)cc2F)n1. The molecule has 1 heterocycles. The summed E-state index contributed by atoms with van der Waals surface area (Å²) in [6, 6.07) is 5.07. The average Bonchev–Trinajstić information content (AvgIpc) is 2.42. The van der Waals surface area contributed by atoms with E-state index in [0.29, 0.717) is 17.5 Å². The lowest BCUT2D eigenvalue weighted by molar-refractivity contribution is 0.630. The second-order valence-electron chi connectivity index (χ2n) is 4.76. The van der Waals surface area contributed by atoms with Crippen molar-refractivity contribution in [2.24, 2.45) is 0 Å². The fourth-order valence-corrected chi connectivity index (χ4v) is 1.74. The van der Waals surface area contributed by atoms with E-state index in [1.54, 1.807) is 12.3 Å². The van der Waals surface area contributed by atoms with Crippen LogP contribution in [0.15, 0.2) is 24.4 Å². The van der Waals surface area contributed by atoms with Gasteiger partial charge in [0.2, 0.25) is 5.95 Å². The number of benzene rings is 1. The maximum Gasteiger partial charge on any atom is 0.224 e. The molecule has 4 nitrogen and oxygen atoms in total. The zero-order chi connectivity index (χ0) is 14.5. The summed E-state index contributed by atoms with van der Waals surface area (Å²) >= 11 is 0.